The van der Waals surface area contributed by atoms with Crippen LogP contribution in [0.15, 0.2) is 51.3 Å². The summed E-state index contributed by atoms with van der Waals surface area (Å²) in [5.41, 5.74) is 7.75. The monoisotopic (exact) mass is 501 g/mol. The van der Waals surface area contributed by atoms with Crippen LogP contribution in [0.5, 0.6) is 11.5 Å². The molecule has 0 aliphatic carbocycles. The lowest BCUT2D eigenvalue weighted by Crippen LogP contribution is -2.19. The van der Waals surface area contributed by atoms with E-state index in [-0.39, 0.29) is 36.6 Å². The summed E-state index contributed by atoms with van der Waals surface area (Å²) in [4.78, 5) is 13.8. The molecule has 0 spiro atoms. The first-order valence-corrected chi connectivity index (χ1v) is 13.3. The molecule has 0 saturated heterocycles. The predicted molar refractivity (Wildman–Crippen MR) is 128 cm³/mol. The van der Waals surface area contributed by atoms with E-state index in [0.29, 0.717) is 33.6 Å². The Kier molecular flexibility index (Phi) is 5.86. The fourth-order valence-electron chi connectivity index (χ4n) is 3.77. The molecule has 0 unspecified atom stereocenters. The minimum Gasteiger partial charge on any atom is -0.464 e. The Morgan fingerprint density at radius 1 is 1.21 bits per heavy atom. The Labute approximate surface area is 200 Å². The number of furan rings is 1. The van der Waals surface area contributed by atoms with Gasteiger partial charge in [-0.1, -0.05) is 25.6 Å². The molecule has 4 aromatic rings. The van der Waals surface area contributed by atoms with Gasteiger partial charge in [-0.3, -0.25) is 0 Å². The van der Waals surface area contributed by atoms with E-state index in [2.05, 4.69) is 15.0 Å². The van der Waals surface area contributed by atoms with Crippen molar-refractivity contribution in [3.05, 3.63) is 36.9 Å². The van der Waals surface area contributed by atoms with Crippen LogP contribution in [-0.4, -0.2) is 46.2 Å². The maximum Gasteiger partial charge on any atom is 0.231 e. The number of benzene rings is 1. The molecule has 1 aliphatic rings. The highest BCUT2D eigenvalue weighted by atomic mass is 32.2. The van der Waals surface area contributed by atoms with Gasteiger partial charge in [0.25, 0.3) is 0 Å². The summed E-state index contributed by atoms with van der Waals surface area (Å²) in [5.74, 6) is 2.23. The summed E-state index contributed by atoms with van der Waals surface area (Å²) in [5, 5.41) is 0.536. The summed E-state index contributed by atoms with van der Waals surface area (Å²) in [6.07, 6.45) is 2.95. The highest BCUT2D eigenvalue weighted by Crippen LogP contribution is 2.45. The zero-order valence-corrected chi connectivity index (χ0v) is 20.2. The van der Waals surface area contributed by atoms with E-state index in [4.69, 9.17) is 19.6 Å². The molecule has 178 valence electrons. The Balaban J connectivity index is 1.57. The third-order valence-electron chi connectivity index (χ3n) is 5.20. The molecule has 0 amide bonds. The molecule has 0 radical (unpaired) electrons. The van der Waals surface area contributed by atoms with Crippen LogP contribution >= 0.6 is 11.8 Å². The molecular weight excluding hydrogens is 478 g/mol. The van der Waals surface area contributed by atoms with E-state index < -0.39 is 9.84 Å². The average molecular weight is 502 g/mol. The first-order valence-electron chi connectivity index (χ1n) is 10.6. The van der Waals surface area contributed by atoms with E-state index in [1.54, 1.807) is 16.9 Å². The van der Waals surface area contributed by atoms with Crippen molar-refractivity contribution in [3.8, 4) is 22.8 Å². The number of nitrogens with two attached hydrogens (primary N) is 1. The highest BCUT2D eigenvalue weighted by molar-refractivity contribution is 7.99. The Morgan fingerprint density at radius 2 is 2.00 bits per heavy atom. The lowest BCUT2D eigenvalue weighted by atomic mass is 10.1. The van der Waals surface area contributed by atoms with Crippen LogP contribution in [0.25, 0.3) is 22.5 Å². The van der Waals surface area contributed by atoms with Crippen molar-refractivity contribution >= 4 is 38.6 Å². The van der Waals surface area contributed by atoms with Gasteiger partial charge in [0.2, 0.25) is 6.79 Å². The Bertz CT molecular complexity index is 1450. The lowest BCUT2D eigenvalue weighted by Gasteiger charge is -2.12. The lowest BCUT2D eigenvalue weighted by molar-refractivity contribution is 0.174. The van der Waals surface area contributed by atoms with Gasteiger partial charge in [-0.2, -0.15) is 0 Å². The zero-order chi connectivity index (χ0) is 23.9. The topological polar surface area (TPSA) is 135 Å². The maximum atomic E-state index is 12.6. The third-order valence-corrected chi connectivity index (χ3v) is 8.23. The summed E-state index contributed by atoms with van der Waals surface area (Å²) in [6.45, 7) is 4.09. The molecule has 1 aliphatic heterocycles. The fourth-order valence-corrected chi connectivity index (χ4v) is 6.47. The first kappa shape index (κ1) is 22.5. The van der Waals surface area contributed by atoms with Crippen LogP contribution in [0.2, 0.25) is 0 Å². The normalized spacial score (nSPS) is 13.3. The van der Waals surface area contributed by atoms with Gasteiger partial charge in [-0.05, 0) is 30.2 Å². The molecule has 2 N–H and O–H groups in total. The predicted octanol–water partition coefficient (Wildman–Crippen LogP) is 3.62. The molecule has 0 bridgehead atoms. The van der Waals surface area contributed by atoms with Gasteiger partial charge in [-0.25, -0.2) is 23.4 Å². The van der Waals surface area contributed by atoms with Gasteiger partial charge in [0.1, 0.15) is 12.1 Å². The number of rotatable bonds is 8. The molecule has 5 rings (SSSR count). The van der Waals surface area contributed by atoms with Crippen molar-refractivity contribution in [1.82, 2.24) is 19.5 Å². The van der Waals surface area contributed by atoms with Crippen LogP contribution < -0.4 is 15.2 Å². The maximum absolute atomic E-state index is 12.6. The number of aromatic nitrogens is 4. The van der Waals surface area contributed by atoms with Crippen LogP contribution in [0.3, 0.4) is 0 Å². The Hall–Kier alpha value is -3.25. The number of hydrogen-bond acceptors (Lipinski definition) is 10. The van der Waals surface area contributed by atoms with Crippen LogP contribution in [0.4, 0.5) is 5.82 Å². The molecule has 4 heterocycles. The van der Waals surface area contributed by atoms with Crippen molar-refractivity contribution < 1.29 is 22.3 Å². The summed E-state index contributed by atoms with van der Waals surface area (Å²) >= 11 is 1.34. The van der Waals surface area contributed by atoms with Crippen molar-refractivity contribution in [3.63, 3.8) is 0 Å². The average Bonchev–Trinajstić information content (AvgIpc) is 3.51. The zero-order valence-electron chi connectivity index (χ0n) is 18.6. The van der Waals surface area contributed by atoms with Gasteiger partial charge in [0, 0.05) is 17.0 Å². The van der Waals surface area contributed by atoms with Crippen LogP contribution in [0, 0.1) is 5.92 Å². The van der Waals surface area contributed by atoms with E-state index in [9.17, 15) is 8.42 Å². The number of imidazole rings is 1. The SMILES string of the molecule is CC(C)CS(=O)(=O)CCn1c(Sc2cc3c(cc2-c2ccco2)OCO3)nc2c(N)ncnc21. The van der Waals surface area contributed by atoms with E-state index in [1.807, 2.05) is 32.0 Å². The van der Waals surface area contributed by atoms with Gasteiger partial charge >= 0.3 is 0 Å². The number of aryl methyl sites for hydroxylation is 1. The molecule has 0 atom stereocenters. The van der Waals surface area contributed by atoms with Gasteiger partial charge < -0.3 is 24.2 Å². The molecule has 10 nitrogen and oxygen atoms in total. The third kappa shape index (κ3) is 4.42. The number of ether oxygens (including phenoxy) is 2. The summed E-state index contributed by atoms with van der Waals surface area (Å²) in [7, 11) is -3.26. The second kappa shape index (κ2) is 8.84. The minimum atomic E-state index is -3.26. The summed E-state index contributed by atoms with van der Waals surface area (Å²) < 4.78 is 43.7. The smallest absolute Gasteiger partial charge is 0.231 e. The van der Waals surface area contributed by atoms with E-state index >= 15 is 0 Å². The molecule has 12 heteroatoms. The summed E-state index contributed by atoms with van der Waals surface area (Å²) in [6, 6.07) is 7.38. The molecule has 3 aromatic heterocycles. The Morgan fingerprint density at radius 3 is 2.74 bits per heavy atom. The number of nitrogens with zero attached hydrogens (tertiary/aromatic N) is 4. The van der Waals surface area contributed by atoms with Crippen molar-refractivity contribution in [1.29, 1.82) is 0 Å². The van der Waals surface area contributed by atoms with E-state index in [1.165, 1.54) is 18.1 Å². The highest BCUT2D eigenvalue weighted by Gasteiger charge is 2.24. The second-order valence-electron chi connectivity index (χ2n) is 8.27. The molecule has 34 heavy (non-hydrogen) atoms. The van der Waals surface area contributed by atoms with Gasteiger partial charge in [-0.15, -0.1) is 0 Å². The number of fused-ring (bicyclic) bond motifs is 2. The quantitative estimate of drug-likeness (QED) is 0.381. The second-order valence-corrected chi connectivity index (χ2v) is 11.5. The first-order chi connectivity index (χ1) is 16.3. The number of sulfone groups is 1. The van der Waals surface area contributed by atoms with Crippen molar-refractivity contribution in [2.75, 3.05) is 24.0 Å². The largest absolute Gasteiger partial charge is 0.464 e. The standard InChI is InChI=1S/C22H23N5O5S2/c1-13(2)10-34(28,29)7-5-27-21-19(20(23)24-11-25-21)26-22(27)33-18-9-17-16(31-12-32-17)8-14(18)15-4-3-6-30-15/h3-4,6,8-9,11,13H,5,7,10,12H2,1-2H3,(H2,23,24,25). The van der Waals surface area contributed by atoms with Gasteiger partial charge in [0.05, 0.1) is 17.8 Å². The van der Waals surface area contributed by atoms with Crippen molar-refractivity contribution in [2.24, 2.45) is 5.92 Å². The molecule has 0 fully saturated rings. The molecule has 0 saturated carbocycles. The molecule has 1 aromatic carbocycles. The number of anilines is 1. The number of hydrogen-bond donors (Lipinski definition) is 1. The molecular formula is C22H23N5O5S2. The van der Waals surface area contributed by atoms with Crippen LogP contribution in [-0.2, 0) is 16.4 Å². The number of nitrogen functional groups attached to an aromatic ring is 1. The van der Waals surface area contributed by atoms with E-state index in [0.717, 1.165) is 10.5 Å². The minimum absolute atomic E-state index is 0.0414. The van der Waals surface area contributed by atoms with Crippen LogP contribution in [0.1, 0.15) is 13.8 Å². The fraction of sp³-hybridized carbons (Fsp3) is 0.318. The van der Waals surface area contributed by atoms with Gasteiger partial charge in [0.15, 0.2) is 43.5 Å². The van der Waals surface area contributed by atoms with Crippen molar-refractivity contribution in [2.45, 2.75) is 30.4 Å².